The van der Waals surface area contributed by atoms with Crippen LogP contribution in [0.2, 0.25) is 0 Å². The van der Waals surface area contributed by atoms with Crippen molar-refractivity contribution in [3.8, 4) is 0 Å². The number of benzene rings is 1. The van der Waals surface area contributed by atoms with Crippen molar-refractivity contribution in [2.45, 2.75) is 12.8 Å². The van der Waals surface area contributed by atoms with Crippen LogP contribution < -0.4 is 10.6 Å². The number of likely N-dealkylation sites (N-methyl/N-ethyl adjacent to an activating group) is 1. The molecular weight excluding hydrogens is 262 g/mol. The minimum atomic E-state index is -0.00393. The molecule has 110 valence electrons. The fourth-order valence-electron chi connectivity index (χ4n) is 2.18. The number of nitrogens with one attached hydrogen (secondary N) is 2. The molecule has 0 aliphatic rings. The third kappa shape index (κ3) is 4.68. The van der Waals surface area contributed by atoms with Crippen molar-refractivity contribution in [3.63, 3.8) is 0 Å². The van der Waals surface area contributed by atoms with Crippen LogP contribution in [0.25, 0.3) is 0 Å². The van der Waals surface area contributed by atoms with E-state index in [0.717, 1.165) is 30.5 Å². The Morgan fingerprint density at radius 1 is 1.05 bits per heavy atom. The summed E-state index contributed by atoms with van der Waals surface area (Å²) in [5, 5.41) is 6.09. The highest BCUT2D eigenvalue weighted by atomic mass is 16.1. The summed E-state index contributed by atoms with van der Waals surface area (Å²) in [4.78, 5) is 16.3. The number of pyridine rings is 1. The number of carbonyl (C=O) groups is 1. The van der Waals surface area contributed by atoms with E-state index in [9.17, 15) is 4.79 Å². The molecule has 4 nitrogen and oxygen atoms in total. The van der Waals surface area contributed by atoms with Crippen LogP contribution >= 0.6 is 0 Å². The van der Waals surface area contributed by atoms with E-state index in [1.54, 1.807) is 12.4 Å². The summed E-state index contributed by atoms with van der Waals surface area (Å²) in [6.07, 6.45) is 5.20. The minimum Gasteiger partial charge on any atom is -0.352 e. The number of amides is 1. The van der Waals surface area contributed by atoms with Gasteiger partial charge in [-0.15, -0.1) is 0 Å². The van der Waals surface area contributed by atoms with Gasteiger partial charge in [0.15, 0.2) is 0 Å². The normalized spacial score (nSPS) is 10.3. The molecule has 0 aliphatic carbocycles. The van der Waals surface area contributed by atoms with E-state index in [0.29, 0.717) is 6.54 Å². The van der Waals surface area contributed by atoms with Gasteiger partial charge in [-0.3, -0.25) is 9.78 Å². The summed E-state index contributed by atoms with van der Waals surface area (Å²) in [6.45, 7) is 1.49. The maximum Gasteiger partial charge on any atom is 0.251 e. The third-order valence-corrected chi connectivity index (χ3v) is 3.35. The molecule has 0 unspecified atom stereocenters. The quantitative estimate of drug-likeness (QED) is 0.815. The predicted octanol–water partition coefficient (Wildman–Crippen LogP) is 1.82. The zero-order chi connectivity index (χ0) is 14.9. The molecule has 0 fully saturated rings. The molecule has 0 atom stereocenters. The standard InChI is InChI=1S/C17H21N3O/c1-18-10-9-15-4-2-3-5-16(15)17(21)20-13-8-14-6-11-19-12-7-14/h2-7,11-12,18H,8-10,13H2,1H3,(H,20,21). The summed E-state index contributed by atoms with van der Waals surface area (Å²) in [5.74, 6) is -0.00393. The molecule has 0 saturated heterocycles. The summed E-state index contributed by atoms with van der Waals surface area (Å²) < 4.78 is 0. The lowest BCUT2D eigenvalue weighted by atomic mass is 10.0. The van der Waals surface area contributed by atoms with E-state index in [1.807, 2.05) is 43.4 Å². The van der Waals surface area contributed by atoms with E-state index in [4.69, 9.17) is 0 Å². The summed E-state index contributed by atoms with van der Waals surface area (Å²) in [6, 6.07) is 11.7. The topological polar surface area (TPSA) is 54.0 Å². The molecule has 2 aromatic rings. The number of nitrogens with zero attached hydrogens (tertiary/aromatic N) is 1. The van der Waals surface area contributed by atoms with Crippen molar-refractivity contribution in [3.05, 3.63) is 65.5 Å². The Morgan fingerprint density at radius 2 is 1.81 bits per heavy atom. The van der Waals surface area contributed by atoms with Gasteiger partial charge in [-0.1, -0.05) is 18.2 Å². The average molecular weight is 283 g/mol. The van der Waals surface area contributed by atoms with Crippen LogP contribution in [-0.4, -0.2) is 31.0 Å². The Labute approximate surface area is 125 Å². The lowest BCUT2D eigenvalue weighted by molar-refractivity contribution is 0.0953. The maximum atomic E-state index is 12.3. The Morgan fingerprint density at radius 3 is 2.57 bits per heavy atom. The summed E-state index contributed by atoms with van der Waals surface area (Å²) in [5.41, 5.74) is 3.02. The second-order valence-electron chi connectivity index (χ2n) is 4.87. The van der Waals surface area contributed by atoms with Gasteiger partial charge in [-0.2, -0.15) is 0 Å². The molecular formula is C17H21N3O. The van der Waals surface area contributed by atoms with Crippen molar-refractivity contribution in [2.75, 3.05) is 20.1 Å². The highest BCUT2D eigenvalue weighted by Gasteiger charge is 2.09. The highest BCUT2D eigenvalue weighted by Crippen LogP contribution is 2.09. The summed E-state index contributed by atoms with van der Waals surface area (Å²) >= 11 is 0. The summed E-state index contributed by atoms with van der Waals surface area (Å²) in [7, 11) is 1.91. The molecule has 0 spiro atoms. The van der Waals surface area contributed by atoms with Gasteiger partial charge in [0, 0.05) is 24.5 Å². The van der Waals surface area contributed by atoms with Crippen molar-refractivity contribution >= 4 is 5.91 Å². The Bertz CT molecular complexity index is 569. The lowest BCUT2D eigenvalue weighted by Crippen LogP contribution is -2.27. The molecule has 1 aromatic heterocycles. The van der Waals surface area contributed by atoms with Gasteiger partial charge < -0.3 is 10.6 Å². The zero-order valence-corrected chi connectivity index (χ0v) is 12.3. The highest BCUT2D eigenvalue weighted by molar-refractivity contribution is 5.95. The molecule has 1 heterocycles. The van der Waals surface area contributed by atoms with Gasteiger partial charge in [0.2, 0.25) is 0 Å². The molecule has 0 aliphatic heterocycles. The molecule has 4 heteroatoms. The molecule has 1 aromatic carbocycles. The average Bonchev–Trinajstić information content (AvgIpc) is 2.54. The maximum absolute atomic E-state index is 12.3. The number of carbonyl (C=O) groups excluding carboxylic acids is 1. The monoisotopic (exact) mass is 283 g/mol. The second-order valence-corrected chi connectivity index (χ2v) is 4.87. The van der Waals surface area contributed by atoms with Gasteiger partial charge in [0.05, 0.1) is 0 Å². The van der Waals surface area contributed by atoms with Crippen LogP contribution in [-0.2, 0) is 12.8 Å². The van der Waals surface area contributed by atoms with Crippen LogP contribution in [0.4, 0.5) is 0 Å². The van der Waals surface area contributed by atoms with Crippen LogP contribution in [0.3, 0.4) is 0 Å². The zero-order valence-electron chi connectivity index (χ0n) is 12.3. The largest absolute Gasteiger partial charge is 0.352 e. The Balaban J connectivity index is 1.91. The minimum absolute atomic E-state index is 0.00393. The molecule has 1 amide bonds. The van der Waals surface area contributed by atoms with Gasteiger partial charge >= 0.3 is 0 Å². The van der Waals surface area contributed by atoms with Gasteiger partial charge in [0.1, 0.15) is 0 Å². The van der Waals surface area contributed by atoms with Crippen LogP contribution in [0, 0.1) is 0 Å². The van der Waals surface area contributed by atoms with E-state index >= 15 is 0 Å². The van der Waals surface area contributed by atoms with Gasteiger partial charge in [0.25, 0.3) is 5.91 Å². The second kappa shape index (κ2) is 8.17. The Kier molecular flexibility index (Phi) is 5.91. The molecule has 21 heavy (non-hydrogen) atoms. The number of aromatic nitrogens is 1. The number of hydrogen-bond donors (Lipinski definition) is 2. The predicted molar refractivity (Wildman–Crippen MR) is 84.3 cm³/mol. The smallest absolute Gasteiger partial charge is 0.251 e. The third-order valence-electron chi connectivity index (χ3n) is 3.35. The molecule has 2 rings (SSSR count). The van der Waals surface area contributed by atoms with Crippen molar-refractivity contribution in [1.29, 1.82) is 0 Å². The molecule has 0 bridgehead atoms. The van der Waals surface area contributed by atoms with Crippen LogP contribution in [0.1, 0.15) is 21.5 Å². The van der Waals surface area contributed by atoms with E-state index < -0.39 is 0 Å². The van der Waals surface area contributed by atoms with E-state index in [2.05, 4.69) is 15.6 Å². The Hall–Kier alpha value is -2.20. The lowest BCUT2D eigenvalue weighted by Gasteiger charge is -2.10. The fourth-order valence-corrected chi connectivity index (χ4v) is 2.18. The molecule has 2 N–H and O–H groups in total. The van der Waals surface area contributed by atoms with E-state index in [-0.39, 0.29) is 5.91 Å². The SMILES string of the molecule is CNCCc1ccccc1C(=O)NCCc1ccncc1. The van der Waals surface area contributed by atoms with Crippen molar-refractivity contribution in [1.82, 2.24) is 15.6 Å². The first-order valence-electron chi connectivity index (χ1n) is 7.21. The van der Waals surface area contributed by atoms with Crippen molar-refractivity contribution in [2.24, 2.45) is 0 Å². The first kappa shape index (κ1) is 15.2. The van der Waals surface area contributed by atoms with Crippen LogP contribution in [0.5, 0.6) is 0 Å². The van der Waals surface area contributed by atoms with Crippen molar-refractivity contribution < 1.29 is 4.79 Å². The molecule has 0 radical (unpaired) electrons. The number of hydrogen-bond acceptors (Lipinski definition) is 3. The number of rotatable bonds is 7. The van der Waals surface area contributed by atoms with Crippen LogP contribution in [0.15, 0.2) is 48.8 Å². The first-order valence-corrected chi connectivity index (χ1v) is 7.21. The van der Waals surface area contributed by atoms with E-state index in [1.165, 1.54) is 5.56 Å². The fraction of sp³-hybridized carbons (Fsp3) is 0.294. The first-order chi connectivity index (χ1) is 10.3. The van der Waals surface area contributed by atoms with Gasteiger partial charge in [-0.05, 0) is 55.8 Å². The van der Waals surface area contributed by atoms with Gasteiger partial charge in [-0.25, -0.2) is 0 Å². The molecule has 0 saturated carbocycles.